The normalized spacial score (nSPS) is 16.6. The van der Waals surface area contributed by atoms with E-state index in [1.54, 1.807) is 29.2 Å². The molecule has 0 bridgehead atoms. The first-order chi connectivity index (χ1) is 33.5. The third-order valence-corrected chi connectivity index (χ3v) is 13.8. The van der Waals surface area contributed by atoms with Crippen LogP contribution in [0.4, 0.5) is 4.39 Å². The molecule has 1 N–H and O–H groups in total. The first-order valence-corrected chi connectivity index (χ1v) is 24.1. The van der Waals surface area contributed by atoms with E-state index in [-0.39, 0.29) is 49.5 Å². The molecule has 0 spiro atoms. The van der Waals surface area contributed by atoms with Crippen LogP contribution in [0.15, 0.2) is 66.7 Å². The summed E-state index contributed by atoms with van der Waals surface area (Å²) < 4.78 is 36.7. The van der Waals surface area contributed by atoms with Crippen molar-refractivity contribution in [1.82, 2.24) is 34.4 Å². The van der Waals surface area contributed by atoms with E-state index in [1.807, 2.05) is 76.7 Å². The van der Waals surface area contributed by atoms with Gasteiger partial charge < -0.3 is 28.6 Å². The van der Waals surface area contributed by atoms with Crippen molar-refractivity contribution in [3.63, 3.8) is 0 Å². The van der Waals surface area contributed by atoms with E-state index in [2.05, 4.69) is 14.8 Å². The van der Waals surface area contributed by atoms with Gasteiger partial charge >= 0.3 is 5.97 Å². The van der Waals surface area contributed by atoms with Crippen molar-refractivity contribution in [2.45, 2.75) is 85.0 Å². The van der Waals surface area contributed by atoms with Crippen LogP contribution < -0.4 is 14.8 Å². The fraction of sp³-hybridized carbons (Fsp3) is 0.396. The standard InChI is InChI=1S/C53H57ClFN7O8/c1-31-46(32(2)58(6)57-31)47-40(54)18-17-36-35(12-9-27-68-42-13-7-10-33-15-16-34(55)28-38(33)42)49(52(67)70-53(3,4)5)61(48(36)47)26-23-59-21-24-60(25-22-59)45(64)30-69-43-14-8-11-37-39(43)29-62(51(37)66)41-19-20-44(63)56-50(41)65/h7-8,10-11,13-18,28,41H,9,12,19-27,29-30H2,1-6H3,(H,56,63,65). The number of amides is 4. The minimum absolute atomic E-state index is 0.135. The number of carbonyl (C=O) groups excluding carboxylic acids is 5. The number of piperidine rings is 1. The molecule has 15 nitrogen and oxygen atoms in total. The van der Waals surface area contributed by atoms with Gasteiger partial charge in [0.2, 0.25) is 11.8 Å². The molecule has 0 radical (unpaired) electrons. The van der Waals surface area contributed by atoms with E-state index in [9.17, 15) is 28.4 Å². The Morgan fingerprint density at radius 3 is 2.39 bits per heavy atom. The molecule has 366 valence electrons. The number of ether oxygens (including phenoxy) is 3. The summed E-state index contributed by atoms with van der Waals surface area (Å²) in [5, 5.41) is 10.00. The average Bonchev–Trinajstić information content (AvgIpc) is 3.92. The highest BCUT2D eigenvalue weighted by molar-refractivity contribution is 6.35. The predicted molar refractivity (Wildman–Crippen MR) is 263 cm³/mol. The summed E-state index contributed by atoms with van der Waals surface area (Å²) in [6.07, 6.45) is 1.40. The zero-order valence-electron chi connectivity index (χ0n) is 40.3. The summed E-state index contributed by atoms with van der Waals surface area (Å²) in [7, 11) is 1.89. The highest BCUT2D eigenvalue weighted by Crippen LogP contribution is 2.43. The second kappa shape index (κ2) is 19.5. The monoisotopic (exact) mass is 973 g/mol. The molecule has 9 rings (SSSR count). The number of piperazine rings is 1. The number of rotatable bonds is 14. The highest BCUT2D eigenvalue weighted by Gasteiger charge is 2.40. The van der Waals surface area contributed by atoms with Crippen LogP contribution in [0.2, 0.25) is 5.02 Å². The van der Waals surface area contributed by atoms with Crippen LogP contribution in [-0.2, 0) is 45.7 Å². The Bertz CT molecular complexity index is 3080. The molecular weight excluding hydrogens is 917 g/mol. The van der Waals surface area contributed by atoms with E-state index in [4.69, 9.17) is 30.9 Å². The number of hydrogen-bond donors (Lipinski definition) is 1. The lowest BCUT2D eigenvalue weighted by Gasteiger charge is -2.35. The number of imide groups is 1. The van der Waals surface area contributed by atoms with Gasteiger partial charge in [-0.1, -0.05) is 41.9 Å². The summed E-state index contributed by atoms with van der Waals surface area (Å²) in [6.45, 7) is 12.7. The Hall–Kier alpha value is -6.78. The smallest absolute Gasteiger partial charge is 0.355 e. The number of halogens is 2. The first kappa shape index (κ1) is 48.3. The largest absolute Gasteiger partial charge is 0.493 e. The summed E-state index contributed by atoms with van der Waals surface area (Å²) >= 11 is 7.19. The van der Waals surface area contributed by atoms with Gasteiger partial charge in [-0.05, 0) is 101 Å². The molecule has 3 aliphatic heterocycles. The fourth-order valence-electron chi connectivity index (χ4n) is 10.1. The molecule has 6 aromatic rings. The van der Waals surface area contributed by atoms with Crippen molar-refractivity contribution in [2.24, 2.45) is 7.05 Å². The van der Waals surface area contributed by atoms with Gasteiger partial charge in [0.15, 0.2) is 6.61 Å². The molecule has 4 amide bonds. The summed E-state index contributed by atoms with van der Waals surface area (Å²) in [4.78, 5) is 71.5. The molecule has 2 fully saturated rings. The molecule has 4 aromatic carbocycles. The van der Waals surface area contributed by atoms with Crippen LogP contribution in [0, 0.1) is 19.7 Å². The topological polar surface area (TPSA) is 158 Å². The number of carbonyl (C=O) groups is 5. The number of benzene rings is 4. The third-order valence-electron chi connectivity index (χ3n) is 13.5. The molecule has 0 aliphatic carbocycles. The van der Waals surface area contributed by atoms with Gasteiger partial charge in [0.1, 0.15) is 34.7 Å². The first-order valence-electron chi connectivity index (χ1n) is 23.8. The Balaban J connectivity index is 0.937. The molecule has 2 saturated heterocycles. The van der Waals surface area contributed by atoms with Crippen molar-refractivity contribution in [1.29, 1.82) is 0 Å². The second-order valence-corrected chi connectivity index (χ2v) is 19.6. The van der Waals surface area contributed by atoms with Crippen LogP contribution in [0.25, 0.3) is 32.8 Å². The van der Waals surface area contributed by atoms with Crippen molar-refractivity contribution < 1.29 is 42.6 Å². The van der Waals surface area contributed by atoms with E-state index in [1.165, 1.54) is 17.0 Å². The number of aryl methyl sites for hydroxylation is 3. The van der Waals surface area contributed by atoms with Gasteiger partial charge in [-0.15, -0.1) is 0 Å². The molecule has 2 aromatic heterocycles. The molecule has 5 heterocycles. The minimum Gasteiger partial charge on any atom is -0.493 e. The van der Waals surface area contributed by atoms with Crippen LogP contribution in [0.5, 0.6) is 11.5 Å². The quantitative estimate of drug-likeness (QED) is 0.0657. The number of fused-ring (bicyclic) bond motifs is 3. The number of aromatic nitrogens is 3. The van der Waals surface area contributed by atoms with E-state index >= 15 is 0 Å². The molecule has 3 aliphatic rings. The number of esters is 1. The van der Waals surface area contributed by atoms with E-state index in [0.717, 1.165) is 44.4 Å². The van der Waals surface area contributed by atoms with Gasteiger partial charge in [-0.2, -0.15) is 5.10 Å². The van der Waals surface area contributed by atoms with Crippen molar-refractivity contribution in [2.75, 3.05) is 45.9 Å². The van der Waals surface area contributed by atoms with Crippen LogP contribution >= 0.6 is 11.6 Å². The Labute approximate surface area is 410 Å². The van der Waals surface area contributed by atoms with Crippen LogP contribution in [0.3, 0.4) is 0 Å². The highest BCUT2D eigenvalue weighted by atomic mass is 35.5. The SMILES string of the molecule is Cc1nn(C)c(C)c1-c1c(Cl)ccc2c(CCCOc3cccc4ccc(F)cc34)c(C(=O)OC(C)(C)C)n(CCN3CCN(C(=O)COc4cccc5c4CN(C4CCC(=O)NC4=O)C5=O)CC3)c12. The molecule has 1 unspecified atom stereocenters. The average molecular weight is 975 g/mol. The van der Waals surface area contributed by atoms with Gasteiger partial charge in [0.05, 0.1) is 29.4 Å². The van der Waals surface area contributed by atoms with Crippen molar-refractivity contribution in [3.8, 4) is 22.6 Å². The number of hydrogen-bond acceptors (Lipinski definition) is 10. The van der Waals surface area contributed by atoms with Gasteiger partial charge in [-0.3, -0.25) is 34.1 Å². The zero-order valence-corrected chi connectivity index (χ0v) is 41.1. The Morgan fingerprint density at radius 2 is 1.66 bits per heavy atom. The zero-order chi connectivity index (χ0) is 49.6. The van der Waals surface area contributed by atoms with E-state index < -0.39 is 23.5 Å². The molecule has 17 heteroatoms. The third kappa shape index (κ3) is 9.58. The maximum atomic E-state index is 14.6. The molecule has 0 saturated carbocycles. The molecular formula is C53H57ClFN7O8. The molecule has 1 atom stereocenters. The Kier molecular flexibility index (Phi) is 13.5. The van der Waals surface area contributed by atoms with Gasteiger partial charge in [-0.25, -0.2) is 9.18 Å². The van der Waals surface area contributed by atoms with Crippen LogP contribution in [-0.4, -0.2) is 116 Å². The number of nitrogens with zero attached hydrogens (tertiary/aromatic N) is 6. The maximum absolute atomic E-state index is 14.6. The number of nitrogens with one attached hydrogen (secondary N) is 1. The van der Waals surface area contributed by atoms with Gasteiger partial charge in [0, 0.05) is 91.5 Å². The van der Waals surface area contributed by atoms with E-state index in [0.29, 0.717) is 97.4 Å². The minimum atomic E-state index is -0.792. The fourth-order valence-corrected chi connectivity index (χ4v) is 10.3. The predicted octanol–water partition coefficient (Wildman–Crippen LogP) is 7.56. The Morgan fingerprint density at radius 1 is 0.900 bits per heavy atom. The van der Waals surface area contributed by atoms with Crippen LogP contribution in [0.1, 0.15) is 83.4 Å². The lowest BCUT2D eigenvalue weighted by atomic mass is 9.98. The maximum Gasteiger partial charge on any atom is 0.355 e. The lowest BCUT2D eigenvalue weighted by molar-refractivity contribution is -0.137. The summed E-state index contributed by atoms with van der Waals surface area (Å²) in [5.41, 5.74) is 5.64. The summed E-state index contributed by atoms with van der Waals surface area (Å²) in [5.74, 6) is -1.19. The lowest BCUT2D eigenvalue weighted by Crippen LogP contribution is -2.52. The van der Waals surface area contributed by atoms with Gasteiger partial charge in [0.25, 0.3) is 11.8 Å². The summed E-state index contributed by atoms with van der Waals surface area (Å²) in [6, 6.07) is 18.4. The second-order valence-electron chi connectivity index (χ2n) is 19.2. The van der Waals surface area contributed by atoms with Crippen molar-refractivity contribution >= 4 is 62.9 Å². The molecule has 70 heavy (non-hydrogen) atoms. The van der Waals surface area contributed by atoms with Crippen molar-refractivity contribution in [3.05, 3.63) is 111 Å².